The first-order valence-electron chi connectivity index (χ1n) is 18.6. The van der Waals surface area contributed by atoms with Gasteiger partial charge < -0.3 is 9.13 Å². The molecule has 53 heavy (non-hydrogen) atoms. The Morgan fingerprint density at radius 3 is 1.53 bits per heavy atom. The van der Waals surface area contributed by atoms with Gasteiger partial charge in [0.2, 0.25) is 0 Å². The van der Waals surface area contributed by atoms with Crippen molar-refractivity contribution in [3.8, 4) is 22.5 Å². The summed E-state index contributed by atoms with van der Waals surface area (Å²) < 4.78 is 5.12. The van der Waals surface area contributed by atoms with Gasteiger partial charge >= 0.3 is 0 Å². The minimum Gasteiger partial charge on any atom is -0.309 e. The average molecular weight is 675 g/mol. The lowest BCUT2D eigenvalue weighted by atomic mass is 9.81. The van der Waals surface area contributed by atoms with Crippen LogP contribution < -0.4 is 0 Å². The Bertz CT molecular complexity index is 3320. The standard InChI is InChI=1S/C51H34N2/c1-51(2)42-25-13-10-22-38(42)45-46-39-23-11-14-26-43(39)52(31-16-4-3-5-17-31)49(46)47-40-24-12-15-27-44(40)53(50(47)48(45)51)32-28-29-37-35-20-7-6-18-33(35)34-19-8-9-21-36(34)41(37)30-32/h3-30H,1-2H3. The van der Waals surface area contributed by atoms with Crippen molar-refractivity contribution in [1.82, 2.24) is 9.13 Å². The van der Waals surface area contributed by atoms with E-state index in [0.29, 0.717) is 0 Å². The molecular weight excluding hydrogens is 641 g/mol. The van der Waals surface area contributed by atoms with Crippen LogP contribution in [-0.4, -0.2) is 9.13 Å². The maximum absolute atomic E-state index is 2.59. The van der Waals surface area contributed by atoms with Gasteiger partial charge in [-0.05, 0) is 91.0 Å². The number of fused-ring (bicyclic) bond motifs is 18. The van der Waals surface area contributed by atoms with Crippen molar-refractivity contribution in [3.05, 3.63) is 181 Å². The number of hydrogen-bond donors (Lipinski definition) is 0. The zero-order valence-corrected chi connectivity index (χ0v) is 29.6. The third kappa shape index (κ3) is 3.63. The second-order valence-electron chi connectivity index (χ2n) is 15.2. The van der Waals surface area contributed by atoms with Gasteiger partial charge in [-0.25, -0.2) is 0 Å². The van der Waals surface area contributed by atoms with Crippen LogP contribution in [0.2, 0.25) is 0 Å². The smallest absolute Gasteiger partial charge is 0.0647 e. The number of rotatable bonds is 2. The van der Waals surface area contributed by atoms with Crippen LogP contribution in [-0.2, 0) is 5.41 Å². The van der Waals surface area contributed by atoms with Crippen molar-refractivity contribution in [2.24, 2.45) is 0 Å². The lowest BCUT2D eigenvalue weighted by Gasteiger charge is -2.24. The van der Waals surface area contributed by atoms with Gasteiger partial charge in [0, 0.05) is 38.3 Å². The summed E-state index contributed by atoms with van der Waals surface area (Å²) in [5, 5.41) is 12.9. The number of nitrogens with zero attached hydrogens (tertiary/aromatic N) is 2. The van der Waals surface area contributed by atoms with Gasteiger partial charge in [-0.3, -0.25) is 0 Å². The van der Waals surface area contributed by atoms with Gasteiger partial charge in [0.15, 0.2) is 0 Å². The van der Waals surface area contributed by atoms with Crippen LogP contribution in [0.5, 0.6) is 0 Å². The van der Waals surface area contributed by atoms with Crippen LogP contribution in [0, 0.1) is 0 Å². The van der Waals surface area contributed by atoms with Crippen LogP contribution in [0.15, 0.2) is 170 Å². The van der Waals surface area contributed by atoms with Crippen molar-refractivity contribution in [2.75, 3.05) is 0 Å². The first-order chi connectivity index (χ1) is 26.1. The van der Waals surface area contributed by atoms with Gasteiger partial charge in [0.1, 0.15) is 0 Å². The molecule has 1 aliphatic rings. The third-order valence-electron chi connectivity index (χ3n) is 12.2. The predicted octanol–water partition coefficient (Wildman–Crippen LogP) is 13.6. The molecule has 0 bridgehead atoms. The van der Waals surface area contributed by atoms with Gasteiger partial charge in [-0.1, -0.05) is 147 Å². The normalized spacial score (nSPS) is 13.6. The van der Waals surface area contributed by atoms with E-state index >= 15 is 0 Å². The highest BCUT2D eigenvalue weighted by molar-refractivity contribution is 6.32. The Labute approximate surface area is 306 Å². The lowest BCUT2D eigenvalue weighted by molar-refractivity contribution is 0.664. The Morgan fingerprint density at radius 1 is 0.377 bits per heavy atom. The summed E-state index contributed by atoms with van der Waals surface area (Å²) in [7, 11) is 0. The quantitative estimate of drug-likeness (QED) is 0.162. The summed E-state index contributed by atoms with van der Waals surface area (Å²) in [6.45, 7) is 4.86. The predicted molar refractivity (Wildman–Crippen MR) is 225 cm³/mol. The van der Waals surface area contributed by atoms with Gasteiger partial charge in [-0.15, -0.1) is 0 Å². The fourth-order valence-corrected chi connectivity index (χ4v) is 10.1. The molecule has 0 unspecified atom stereocenters. The molecule has 0 radical (unpaired) electrons. The molecule has 0 fully saturated rings. The molecule has 12 rings (SSSR count). The molecule has 2 heteroatoms. The van der Waals surface area contributed by atoms with Crippen LogP contribution in [0.3, 0.4) is 0 Å². The lowest BCUT2D eigenvalue weighted by Crippen LogP contribution is -2.16. The van der Waals surface area contributed by atoms with Crippen molar-refractivity contribution < 1.29 is 0 Å². The molecule has 2 nitrogen and oxygen atoms in total. The second kappa shape index (κ2) is 10.2. The highest BCUT2D eigenvalue weighted by Crippen LogP contribution is 2.58. The fourth-order valence-electron chi connectivity index (χ4n) is 10.1. The summed E-state index contributed by atoms with van der Waals surface area (Å²) in [5.74, 6) is 0. The SMILES string of the molecule is CC1(C)c2ccccc2-c2c1c1c(c3ccccc3n1-c1ccc3c4ccccc4c4ccccc4c3c1)c1c2c2ccccc2n1-c1ccccc1. The van der Waals surface area contributed by atoms with Crippen molar-refractivity contribution in [3.63, 3.8) is 0 Å². The monoisotopic (exact) mass is 674 g/mol. The largest absolute Gasteiger partial charge is 0.309 e. The molecule has 9 aromatic carbocycles. The maximum atomic E-state index is 2.59. The topological polar surface area (TPSA) is 9.86 Å². The van der Waals surface area contributed by atoms with E-state index in [-0.39, 0.29) is 5.41 Å². The van der Waals surface area contributed by atoms with Crippen LogP contribution in [0.1, 0.15) is 25.0 Å². The van der Waals surface area contributed by atoms with Crippen LogP contribution >= 0.6 is 0 Å². The molecule has 0 saturated carbocycles. The summed E-state index contributed by atoms with van der Waals surface area (Å²) in [5.41, 5.74) is 12.6. The molecule has 1 aliphatic carbocycles. The minimum absolute atomic E-state index is 0.236. The van der Waals surface area contributed by atoms with Gasteiger partial charge in [0.25, 0.3) is 0 Å². The number of para-hydroxylation sites is 3. The summed E-state index contributed by atoms with van der Waals surface area (Å²) in [6, 6.07) is 63.1. The molecule has 0 spiro atoms. The van der Waals surface area contributed by atoms with E-state index < -0.39 is 0 Å². The molecule has 0 saturated heterocycles. The van der Waals surface area contributed by atoms with Crippen LogP contribution in [0.25, 0.3) is 98.4 Å². The Balaban J connectivity index is 1.35. The maximum Gasteiger partial charge on any atom is 0.0647 e. The van der Waals surface area contributed by atoms with E-state index in [1.807, 2.05) is 0 Å². The Morgan fingerprint density at radius 2 is 0.868 bits per heavy atom. The van der Waals surface area contributed by atoms with E-state index in [2.05, 4.69) is 193 Å². The molecule has 0 N–H and O–H groups in total. The Kier molecular flexibility index (Phi) is 5.60. The van der Waals surface area contributed by atoms with Crippen molar-refractivity contribution >= 4 is 75.9 Å². The molecule has 11 aromatic rings. The zero-order chi connectivity index (χ0) is 35.0. The summed E-state index contributed by atoms with van der Waals surface area (Å²) >= 11 is 0. The van der Waals surface area contributed by atoms with E-state index in [4.69, 9.17) is 0 Å². The highest BCUT2D eigenvalue weighted by atomic mass is 15.0. The van der Waals surface area contributed by atoms with Crippen molar-refractivity contribution in [1.29, 1.82) is 0 Å². The number of aromatic nitrogens is 2. The van der Waals surface area contributed by atoms with Crippen molar-refractivity contribution in [2.45, 2.75) is 19.3 Å². The minimum atomic E-state index is -0.236. The third-order valence-corrected chi connectivity index (χ3v) is 12.2. The summed E-state index contributed by atoms with van der Waals surface area (Å²) in [6.07, 6.45) is 0. The van der Waals surface area contributed by atoms with E-state index in [9.17, 15) is 0 Å². The molecule has 0 aliphatic heterocycles. The van der Waals surface area contributed by atoms with E-state index in [0.717, 1.165) is 0 Å². The average Bonchev–Trinajstić information content (AvgIpc) is 3.81. The summed E-state index contributed by atoms with van der Waals surface area (Å²) in [4.78, 5) is 0. The second-order valence-corrected chi connectivity index (χ2v) is 15.2. The fraction of sp³-hybridized carbons (Fsp3) is 0.0588. The molecular formula is C51H34N2. The number of hydrogen-bond acceptors (Lipinski definition) is 0. The van der Waals surface area contributed by atoms with Crippen LogP contribution in [0.4, 0.5) is 0 Å². The van der Waals surface area contributed by atoms with E-state index in [1.54, 1.807) is 0 Å². The highest BCUT2D eigenvalue weighted by Gasteiger charge is 2.41. The van der Waals surface area contributed by atoms with Gasteiger partial charge in [-0.2, -0.15) is 0 Å². The molecule has 0 atom stereocenters. The molecule has 0 amide bonds. The van der Waals surface area contributed by atoms with E-state index in [1.165, 1.54) is 110 Å². The molecule has 2 aromatic heterocycles. The Hall–Kier alpha value is -6.64. The molecule has 2 heterocycles. The first kappa shape index (κ1) is 29.0. The first-order valence-corrected chi connectivity index (χ1v) is 18.6. The van der Waals surface area contributed by atoms with Gasteiger partial charge in [0.05, 0.1) is 22.1 Å². The molecule has 248 valence electrons. The number of benzene rings is 9. The zero-order valence-electron chi connectivity index (χ0n) is 29.6.